The van der Waals surface area contributed by atoms with E-state index in [1.165, 1.54) is 19.1 Å². The number of nitrogens with one attached hydrogen (secondary N) is 2. The molecule has 0 aromatic heterocycles. The minimum atomic E-state index is -4.49. The predicted octanol–water partition coefficient (Wildman–Crippen LogP) is 5.44. The van der Waals surface area contributed by atoms with E-state index >= 15 is 0 Å². The van der Waals surface area contributed by atoms with E-state index in [0.717, 1.165) is 36.6 Å². The third-order valence-electron chi connectivity index (χ3n) is 4.72. The Morgan fingerprint density at radius 2 is 1.65 bits per heavy atom. The average Bonchev–Trinajstić information content (AvgIpc) is 2.67. The van der Waals surface area contributed by atoms with Gasteiger partial charge in [-0.05, 0) is 66.3 Å². The van der Waals surface area contributed by atoms with Crippen LogP contribution in [0.2, 0.25) is 0 Å². The van der Waals surface area contributed by atoms with E-state index in [1.54, 1.807) is 4.72 Å². The molecule has 1 amide bonds. The van der Waals surface area contributed by atoms with E-state index in [0.29, 0.717) is 17.5 Å². The van der Waals surface area contributed by atoms with Gasteiger partial charge in [0.15, 0.2) is 11.6 Å². The van der Waals surface area contributed by atoms with Crippen molar-refractivity contribution in [1.82, 2.24) is 5.32 Å². The van der Waals surface area contributed by atoms with Gasteiger partial charge in [0.25, 0.3) is 0 Å². The summed E-state index contributed by atoms with van der Waals surface area (Å²) in [5.74, 6) is -2.86. The largest absolute Gasteiger partial charge is 0.416 e. The lowest BCUT2D eigenvalue weighted by molar-refractivity contribution is -0.137. The molecule has 0 aliphatic rings. The summed E-state index contributed by atoms with van der Waals surface area (Å²) in [4.78, 5) is 12.3. The number of alkyl halides is 3. The molecule has 1 unspecified atom stereocenters. The molecule has 0 heterocycles. The fourth-order valence-electron chi connectivity index (χ4n) is 3.20. The van der Waals surface area contributed by atoms with Gasteiger partial charge in [-0.15, -0.1) is 0 Å². The van der Waals surface area contributed by atoms with Gasteiger partial charge in [-0.1, -0.05) is 19.9 Å². The second kappa shape index (κ2) is 10.5. The zero-order chi connectivity index (χ0) is 25.8. The number of sulfonamides is 1. The van der Waals surface area contributed by atoms with E-state index in [2.05, 4.69) is 5.32 Å². The second-order valence-electron chi connectivity index (χ2n) is 8.31. The van der Waals surface area contributed by atoms with Gasteiger partial charge in [0.2, 0.25) is 15.9 Å². The van der Waals surface area contributed by atoms with Crippen LogP contribution in [0, 0.1) is 17.6 Å². The number of anilines is 1. The molecule has 0 bridgehead atoms. The Kier molecular flexibility index (Phi) is 8.46. The normalized spacial score (nSPS) is 13.4. The van der Waals surface area contributed by atoms with Gasteiger partial charge in [-0.3, -0.25) is 9.52 Å². The van der Waals surface area contributed by atoms with Crippen molar-refractivity contribution < 1.29 is 35.2 Å². The Bertz CT molecular complexity index is 1170. The van der Waals surface area contributed by atoms with E-state index < -0.39 is 51.0 Å². The maximum Gasteiger partial charge on any atom is 0.416 e. The first kappa shape index (κ1) is 27.3. The molecule has 0 aliphatic heterocycles. The van der Waals surface area contributed by atoms with Crippen LogP contribution in [-0.4, -0.2) is 20.6 Å². The van der Waals surface area contributed by atoms with Crippen molar-refractivity contribution in [2.24, 2.45) is 5.92 Å². The molecule has 5 nitrogen and oxygen atoms in total. The smallest absolute Gasteiger partial charge is 0.346 e. The van der Waals surface area contributed by atoms with Gasteiger partial charge >= 0.3 is 6.18 Å². The highest BCUT2D eigenvalue weighted by atomic mass is 32.2. The van der Waals surface area contributed by atoms with E-state index in [9.17, 15) is 35.2 Å². The van der Waals surface area contributed by atoms with Crippen molar-refractivity contribution in [3.63, 3.8) is 0 Å². The Morgan fingerprint density at radius 1 is 1.06 bits per heavy atom. The zero-order valence-electron chi connectivity index (χ0n) is 18.9. The molecule has 2 N–H and O–H groups in total. The number of rotatable bonds is 8. The van der Waals surface area contributed by atoms with Crippen molar-refractivity contribution in [3.05, 3.63) is 70.3 Å². The van der Waals surface area contributed by atoms with Crippen molar-refractivity contribution in [3.8, 4) is 0 Å². The van der Waals surface area contributed by atoms with Gasteiger partial charge in [0.05, 0.1) is 17.9 Å². The lowest BCUT2D eigenvalue weighted by atomic mass is 9.95. The monoisotopic (exact) mass is 504 g/mol. The average molecular weight is 505 g/mol. The van der Waals surface area contributed by atoms with Gasteiger partial charge in [0, 0.05) is 6.08 Å². The fourth-order valence-corrected chi connectivity index (χ4v) is 3.76. The quantitative estimate of drug-likeness (QED) is 0.371. The summed E-state index contributed by atoms with van der Waals surface area (Å²) in [5.41, 5.74) is -0.690. The molecule has 2 aromatic carbocycles. The van der Waals surface area contributed by atoms with Gasteiger partial charge < -0.3 is 5.32 Å². The molecule has 0 saturated heterocycles. The summed E-state index contributed by atoms with van der Waals surface area (Å²) in [6, 6.07) is 4.20. The number of carbonyl (C=O) groups excluding carboxylic acids is 1. The third-order valence-corrected chi connectivity index (χ3v) is 5.30. The first-order chi connectivity index (χ1) is 15.6. The van der Waals surface area contributed by atoms with Crippen molar-refractivity contribution in [2.75, 3.05) is 11.0 Å². The summed E-state index contributed by atoms with van der Waals surface area (Å²) in [6.45, 7) is 5.18. The number of amides is 1. The number of halogens is 5. The first-order valence-electron chi connectivity index (χ1n) is 10.2. The molecule has 0 saturated carbocycles. The van der Waals surface area contributed by atoms with Gasteiger partial charge in [-0.25, -0.2) is 17.2 Å². The first-order valence-corrected chi connectivity index (χ1v) is 12.1. The molecule has 1 atom stereocenters. The minimum Gasteiger partial charge on any atom is -0.346 e. The minimum absolute atomic E-state index is 0.0471. The molecular formula is C23H25F5N2O3S. The van der Waals surface area contributed by atoms with Crippen LogP contribution in [0.1, 0.15) is 49.1 Å². The SMILES string of the molecule is CC(C)Cc1cc(C(F)(F)F)ccc1/C=C\C(=O)NC(C)c1cc(F)c(NS(C)(=O)=O)c(F)c1. The van der Waals surface area contributed by atoms with Crippen LogP contribution >= 0.6 is 0 Å². The summed E-state index contributed by atoms with van der Waals surface area (Å²) in [6.07, 6.45) is -0.876. The van der Waals surface area contributed by atoms with Crippen molar-refractivity contribution in [1.29, 1.82) is 0 Å². The molecule has 34 heavy (non-hydrogen) atoms. The topological polar surface area (TPSA) is 75.3 Å². The summed E-state index contributed by atoms with van der Waals surface area (Å²) >= 11 is 0. The third kappa shape index (κ3) is 7.82. The highest BCUT2D eigenvalue weighted by Gasteiger charge is 2.30. The molecule has 186 valence electrons. The highest BCUT2D eigenvalue weighted by molar-refractivity contribution is 7.92. The van der Waals surface area contributed by atoms with Crippen LogP contribution in [0.5, 0.6) is 0 Å². The van der Waals surface area contributed by atoms with Gasteiger partial charge in [-0.2, -0.15) is 13.2 Å². The maximum absolute atomic E-state index is 14.2. The molecule has 2 aromatic rings. The molecule has 0 spiro atoms. The molecule has 11 heteroatoms. The number of hydrogen-bond donors (Lipinski definition) is 2. The Labute approximate surface area is 195 Å². The van der Waals surface area contributed by atoms with Crippen molar-refractivity contribution >= 4 is 27.7 Å². The van der Waals surface area contributed by atoms with Crippen LogP contribution in [-0.2, 0) is 27.4 Å². The lowest BCUT2D eigenvalue weighted by Crippen LogP contribution is -2.25. The van der Waals surface area contributed by atoms with Crippen LogP contribution in [0.4, 0.5) is 27.6 Å². The fraction of sp³-hybridized carbons (Fsp3) is 0.348. The number of carbonyl (C=O) groups is 1. The van der Waals surface area contributed by atoms with Crippen LogP contribution in [0.15, 0.2) is 36.4 Å². The maximum atomic E-state index is 14.2. The second-order valence-corrected chi connectivity index (χ2v) is 10.1. The Hall–Kier alpha value is -2.95. The van der Waals surface area contributed by atoms with Crippen LogP contribution in [0.3, 0.4) is 0 Å². The lowest BCUT2D eigenvalue weighted by Gasteiger charge is -2.16. The molecule has 0 radical (unpaired) electrons. The van der Waals surface area contributed by atoms with Crippen LogP contribution < -0.4 is 10.0 Å². The highest BCUT2D eigenvalue weighted by Crippen LogP contribution is 2.31. The molecule has 2 rings (SSSR count). The number of hydrogen-bond acceptors (Lipinski definition) is 3. The summed E-state index contributed by atoms with van der Waals surface area (Å²) in [7, 11) is -3.90. The van der Waals surface area contributed by atoms with Crippen LogP contribution in [0.25, 0.3) is 6.08 Å². The van der Waals surface area contributed by atoms with E-state index in [-0.39, 0.29) is 11.5 Å². The Balaban J connectivity index is 2.20. The Morgan fingerprint density at radius 3 is 2.15 bits per heavy atom. The summed E-state index contributed by atoms with van der Waals surface area (Å²) in [5, 5.41) is 2.51. The van der Waals surface area contributed by atoms with E-state index in [4.69, 9.17) is 0 Å². The van der Waals surface area contributed by atoms with Gasteiger partial charge in [0.1, 0.15) is 5.69 Å². The molecule has 0 fully saturated rings. The summed E-state index contributed by atoms with van der Waals surface area (Å²) < 4.78 is 91.8. The number of benzene rings is 2. The predicted molar refractivity (Wildman–Crippen MR) is 120 cm³/mol. The molecular weight excluding hydrogens is 479 g/mol. The molecule has 0 aliphatic carbocycles. The standard InChI is InChI=1S/C23H25F5N2O3S/c1-13(2)9-17-10-18(23(26,27)28)7-5-15(17)6-8-21(31)29-14(3)16-11-19(24)22(20(25)12-16)30-34(4,32)33/h5-8,10-14,30H,9H2,1-4H3,(H,29,31)/b8-6-. The zero-order valence-corrected chi connectivity index (χ0v) is 19.7. The van der Waals surface area contributed by atoms with Crippen molar-refractivity contribution in [2.45, 2.75) is 39.4 Å². The van der Waals surface area contributed by atoms with E-state index in [1.807, 2.05) is 13.8 Å².